The van der Waals surface area contributed by atoms with Crippen LogP contribution in [0.5, 0.6) is 0 Å². The lowest BCUT2D eigenvalue weighted by molar-refractivity contribution is -0.149. The molecular formula is C12H22N2O5. The minimum Gasteiger partial charge on any atom is -0.479 e. The Kier molecular flexibility index (Phi) is 6.58. The van der Waals surface area contributed by atoms with Gasteiger partial charge in [0.2, 0.25) is 0 Å². The van der Waals surface area contributed by atoms with Gasteiger partial charge in [-0.15, -0.1) is 0 Å². The molecule has 0 spiro atoms. The summed E-state index contributed by atoms with van der Waals surface area (Å²) in [6.07, 6.45) is 0.681. The van der Waals surface area contributed by atoms with Crippen LogP contribution in [0.25, 0.3) is 0 Å². The molecule has 0 aromatic heterocycles. The molecule has 110 valence electrons. The molecule has 1 fully saturated rings. The number of nitrogens with one attached hydrogen (secondary N) is 1. The highest BCUT2D eigenvalue weighted by atomic mass is 16.5. The molecule has 0 saturated carbocycles. The molecule has 7 nitrogen and oxygen atoms in total. The van der Waals surface area contributed by atoms with Crippen molar-refractivity contribution in [2.24, 2.45) is 0 Å². The molecule has 0 aromatic carbocycles. The number of urea groups is 1. The Labute approximate surface area is 112 Å². The molecule has 1 aliphatic heterocycles. The second-order valence-electron chi connectivity index (χ2n) is 4.51. The topological polar surface area (TPSA) is 99.1 Å². The fourth-order valence-corrected chi connectivity index (χ4v) is 2.02. The maximum Gasteiger partial charge on any atom is 0.332 e. The molecule has 3 N–H and O–H groups in total. The number of aliphatic carboxylic acids is 1. The number of aliphatic hydroxyl groups excluding tert-OH is 1. The fourth-order valence-electron chi connectivity index (χ4n) is 2.02. The Morgan fingerprint density at radius 2 is 2.16 bits per heavy atom. The number of carboxylic acid groups (broad SMARTS) is 1. The SMILES string of the molecule is CCN(CCCO)C(=O)NCC1CCC(C(=O)O)O1. The number of ether oxygens (including phenoxy) is 1. The summed E-state index contributed by atoms with van der Waals surface area (Å²) in [4.78, 5) is 24.1. The van der Waals surface area contributed by atoms with Crippen molar-refractivity contribution in [3.8, 4) is 0 Å². The van der Waals surface area contributed by atoms with Crippen molar-refractivity contribution in [2.75, 3.05) is 26.2 Å². The van der Waals surface area contributed by atoms with Crippen molar-refractivity contribution in [3.05, 3.63) is 0 Å². The van der Waals surface area contributed by atoms with E-state index in [0.29, 0.717) is 38.9 Å². The normalized spacial score (nSPS) is 22.2. The average Bonchev–Trinajstić information content (AvgIpc) is 2.86. The molecule has 1 rings (SSSR count). The van der Waals surface area contributed by atoms with Gasteiger partial charge in [-0.1, -0.05) is 0 Å². The summed E-state index contributed by atoms with van der Waals surface area (Å²) < 4.78 is 5.29. The van der Waals surface area contributed by atoms with Gasteiger partial charge in [0.15, 0.2) is 6.10 Å². The molecular weight excluding hydrogens is 252 g/mol. The van der Waals surface area contributed by atoms with Crippen LogP contribution in [0, 0.1) is 0 Å². The maximum atomic E-state index is 11.8. The van der Waals surface area contributed by atoms with Gasteiger partial charge in [-0.25, -0.2) is 9.59 Å². The molecule has 1 saturated heterocycles. The van der Waals surface area contributed by atoms with Gasteiger partial charge in [0.05, 0.1) is 6.10 Å². The van der Waals surface area contributed by atoms with Crippen molar-refractivity contribution >= 4 is 12.0 Å². The first-order valence-electron chi connectivity index (χ1n) is 6.60. The molecule has 1 aliphatic rings. The number of carbonyl (C=O) groups excluding carboxylic acids is 1. The highest BCUT2D eigenvalue weighted by Crippen LogP contribution is 2.19. The van der Waals surface area contributed by atoms with E-state index < -0.39 is 12.1 Å². The van der Waals surface area contributed by atoms with Crippen LogP contribution in [0.15, 0.2) is 0 Å². The number of amides is 2. The number of carboxylic acids is 1. The van der Waals surface area contributed by atoms with E-state index in [1.807, 2.05) is 6.92 Å². The van der Waals surface area contributed by atoms with Gasteiger partial charge in [-0.05, 0) is 26.2 Å². The van der Waals surface area contributed by atoms with E-state index in [1.54, 1.807) is 4.90 Å². The zero-order valence-corrected chi connectivity index (χ0v) is 11.2. The summed E-state index contributed by atoms with van der Waals surface area (Å²) in [5, 5.41) is 20.3. The van der Waals surface area contributed by atoms with Crippen LogP contribution in [0.2, 0.25) is 0 Å². The third kappa shape index (κ3) is 5.04. The lowest BCUT2D eigenvalue weighted by Crippen LogP contribution is -2.43. The third-order valence-electron chi connectivity index (χ3n) is 3.12. The second kappa shape index (κ2) is 7.96. The first-order valence-corrected chi connectivity index (χ1v) is 6.60. The highest BCUT2D eigenvalue weighted by Gasteiger charge is 2.30. The van der Waals surface area contributed by atoms with Crippen LogP contribution in [0.3, 0.4) is 0 Å². The Morgan fingerprint density at radius 1 is 1.42 bits per heavy atom. The first-order chi connectivity index (χ1) is 9.08. The van der Waals surface area contributed by atoms with Crippen molar-refractivity contribution in [3.63, 3.8) is 0 Å². The lowest BCUT2D eigenvalue weighted by atomic mass is 10.2. The smallest absolute Gasteiger partial charge is 0.332 e. The van der Waals surface area contributed by atoms with Crippen molar-refractivity contribution in [1.29, 1.82) is 0 Å². The van der Waals surface area contributed by atoms with Crippen molar-refractivity contribution in [1.82, 2.24) is 10.2 Å². The van der Waals surface area contributed by atoms with Crippen LogP contribution in [0.1, 0.15) is 26.2 Å². The molecule has 0 radical (unpaired) electrons. The number of carbonyl (C=O) groups is 2. The maximum absolute atomic E-state index is 11.8. The molecule has 1 heterocycles. The van der Waals surface area contributed by atoms with Crippen LogP contribution in [-0.2, 0) is 9.53 Å². The number of nitrogens with zero attached hydrogens (tertiary/aromatic N) is 1. The number of rotatable bonds is 7. The zero-order valence-electron chi connectivity index (χ0n) is 11.2. The van der Waals surface area contributed by atoms with Gasteiger partial charge in [0.25, 0.3) is 0 Å². The minimum atomic E-state index is -0.952. The molecule has 0 aliphatic carbocycles. The molecule has 7 heteroatoms. The first kappa shape index (κ1) is 15.7. The van der Waals surface area contributed by atoms with E-state index >= 15 is 0 Å². The van der Waals surface area contributed by atoms with Crippen LogP contribution < -0.4 is 5.32 Å². The summed E-state index contributed by atoms with van der Waals surface area (Å²) in [6, 6.07) is -0.210. The summed E-state index contributed by atoms with van der Waals surface area (Å²) in [5.74, 6) is -0.952. The monoisotopic (exact) mass is 274 g/mol. The Hall–Kier alpha value is -1.34. The largest absolute Gasteiger partial charge is 0.479 e. The highest BCUT2D eigenvalue weighted by molar-refractivity contribution is 5.74. The quantitative estimate of drug-likeness (QED) is 0.608. The van der Waals surface area contributed by atoms with E-state index in [9.17, 15) is 9.59 Å². The van der Waals surface area contributed by atoms with Gasteiger partial charge in [-0.3, -0.25) is 0 Å². The molecule has 0 bridgehead atoms. The van der Waals surface area contributed by atoms with Crippen LogP contribution in [0.4, 0.5) is 4.79 Å². The van der Waals surface area contributed by atoms with Gasteiger partial charge in [0, 0.05) is 26.2 Å². The number of hydrogen-bond acceptors (Lipinski definition) is 4. The standard InChI is InChI=1S/C12H22N2O5/c1-2-14(6-3-7-15)12(18)13-8-9-4-5-10(19-9)11(16)17/h9-10,15H,2-8H2,1H3,(H,13,18)(H,16,17). The van der Waals surface area contributed by atoms with Gasteiger partial charge in [0.1, 0.15) is 0 Å². The van der Waals surface area contributed by atoms with E-state index in [4.69, 9.17) is 14.9 Å². The molecule has 19 heavy (non-hydrogen) atoms. The zero-order chi connectivity index (χ0) is 14.3. The minimum absolute atomic E-state index is 0.0514. The van der Waals surface area contributed by atoms with E-state index in [-0.39, 0.29) is 18.7 Å². The fraction of sp³-hybridized carbons (Fsp3) is 0.833. The molecule has 2 atom stereocenters. The Bertz CT molecular complexity index is 310. The van der Waals surface area contributed by atoms with Crippen LogP contribution >= 0.6 is 0 Å². The lowest BCUT2D eigenvalue weighted by Gasteiger charge is -2.22. The van der Waals surface area contributed by atoms with Gasteiger partial charge < -0.3 is 25.2 Å². The third-order valence-corrected chi connectivity index (χ3v) is 3.12. The van der Waals surface area contributed by atoms with Crippen molar-refractivity contribution in [2.45, 2.75) is 38.4 Å². The number of hydrogen-bond donors (Lipinski definition) is 3. The summed E-state index contributed by atoms with van der Waals surface area (Å²) in [6.45, 7) is 3.30. The van der Waals surface area contributed by atoms with E-state index in [2.05, 4.69) is 5.32 Å². The second-order valence-corrected chi connectivity index (χ2v) is 4.51. The van der Waals surface area contributed by atoms with E-state index in [0.717, 1.165) is 0 Å². The summed E-state index contributed by atoms with van der Waals surface area (Å²) >= 11 is 0. The molecule has 0 aromatic rings. The van der Waals surface area contributed by atoms with Crippen molar-refractivity contribution < 1.29 is 24.5 Å². The predicted octanol–water partition coefficient (Wildman–Crippen LogP) is 0.0325. The van der Waals surface area contributed by atoms with Gasteiger partial charge in [-0.2, -0.15) is 0 Å². The van der Waals surface area contributed by atoms with Gasteiger partial charge >= 0.3 is 12.0 Å². The molecule has 2 unspecified atom stereocenters. The predicted molar refractivity (Wildman–Crippen MR) is 67.9 cm³/mol. The van der Waals surface area contributed by atoms with Crippen LogP contribution in [-0.4, -0.2) is 65.6 Å². The summed E-state index contributed by atoms with van der Waals surface area (Å²) in [7, 11) is 0. The summed E-state index contributed by atoms with van der Waals surface area (Å²) in [5.41, 5.74) is 0. The number of aliphatic hydroxyl groups is 1. The Balaban J connectivity index is 2.28. The average molecular weight is 274 g/mol. The Morgan fingerprint density at radius 3 is 2.68 bits per heavy atom. The van der Waals surface area contributed by atoms with E-state index in [1.165, 1.54) is 0 Å². The molecule has 2 amide bonds.